The highest BCUT2D eigenvalue weighted by Gasteiger charge is 2.60. The van der Waals surface area contributed by atoms with E-state index in [9.17, 15) is 28.7 Å². The molecule has 0 aliphatic carbocycles. The van der Waals surface area contributed by atoms with Crippen LogP contribution in [0.4, 0.5) is 4.39 Å². The van der Waals surface area contributed by atoms with Crippen LogP contribution in [-0.4, -0.2) is 108 Å². The van der Waals surface area contributed by atoms with Gasteiger partial charge in [-0.15, -0.1) is 16.9 Å². The number of carboxylic acid groups (broad SMARTS) is 1. The molecule has 4 aliphatic heterocycles. The summed E-state index contributed by atoms with van der Waals surface area (Å²) >= 11 is 1.39. The maximum absolute atomic E-state index is 13.4. The Morgan fingerprint density at radius 3 is 2.77 bits per heavy atom. The van der Waals surface area contributed by atoms with Crippen molar-refractivity contribution in [2.75, 3.05) is 19.8 Å². The van der Waals surface area contributed by atoms with Crippen molar-refractivity contribution < 1.29 is 28.7 Å². The summed E-state index contributed by atoms with van der Waals surface area (Å²) in [7, 11) is 0. The van der Waals surface area contributed by atoms with Gasteiger partial charge in [0.1, 0.15) is 25.2 Å². The SMILES string of the molecule is C[C@@H](CC(=O)Cn1cnnn1)[C@H]1C(=O)N2C(C(=O)O)=C(S[C@@H]3CNC(C(=O)N4C[C@@H](N)C[C@H]4CF)C3)[C@H](C)[C@H]12. The first-order chi connectivity index (χ1) is 18.6. The van der Waals surface area contributed by atoms with Crippen molar-refractivity contribution in [2.45, 2.75) is 69.1 Å². The van der Waals surface area contributed by atoms with E-state index in [-0.39, 0.29) is 65.4 Å². The Balaban J connectivity index is 1.23. The number of tetrazole rings is 1. The van der Waals surface area contributed by atoms with Gasteiger partial charge in [0.25, 0.3) is 0 Å². The number of likely N-dealkylation sites (tertiary alicyclic amines) is 1. The maximum atomic E-state index is 13.4. The topological polar surface area (TPSA) is 177 Å². The fourth-order valence-electron chi connectivity index (χ4n) is 6.48. The number of aromatic nitrogens is 4. The molecular weight excluding hydrogens is 531 g/mol. The van der Waals surface area contributed by atoms with Crippen LogP contribution in [0.15, 0.2) is 16.9 Å². The number of hydrogen-bond donors (Lipinski definition) is 3. The number of aliphatic carboxylic acids is 1. The third-order valence-corrected chi connectivity index (χ3v) is 9.79. The van der Waals surface area contributed by atoms with E-state index >= 15 is 0 Å². The highest BCUT2D eigenvalue weighted by molar-refractivity contribution is 8.03. The number of ketones is 1. The van der Waals surface area contributed by atoms with Crippen molar-refractivity contribution in [3.05, 3.63) is 16.9 Å². The number of halogens is 1. The molecule has 0 bridgehead atoms. The number of amides is 2. The molecule has 4 N–H and O–H groups in total. The van der Waals surface area contributed by atoms with E-state index in [0.29, 0.717) is 30.8 Å². The van der Waals surface area contributed by atoms with Gasteiger partial charge in [-0.25, -0.2) is 13.9 Å². The number of rotatable bonds is 10. The number of fused-ring (bicyclic) bond motifs is 1. The van der Waals surface area contributed by atoms with Gasteiger partial charge in [0.2, 0.25) is 11.8 Å². The van der Waals surface area contributed by atoms with Gasteiger partial charge in [0.05, 0.1) is 24.0 Å². The third kappa shape index (κ3) is 5.07. The molecule has 8 atom stereocenters. The van der Waals surface area contributed by atoms with Crippen molar-refractivity contribution >= 4 is 35.3 Å². The molecule has 0 spiro atoms. The summed E-state index contributed by atoms with van der Waals surface area (Å²) in [6.45, 7) is 3.92. The van der Waals surface area contributed by atoms with Crippen LogP contribution in [0.25, 0.3) is 0 Å². The lowest BCUT2D eigenvalue weighted by atomic mass is 9.73. The predicted molar refractivity (Wildman–Crippen MR) is 136 cm³/mol. The number of alkyl halides is 1. The standard InChI is InChI=1S/C24H33FN8O5S/c1-11(3-15(34)9-31-10-28-29-30-31)18-19-12(2)21(20(24(37)38)33(19)23(18)36)39-16-5-17(27-7-16)22(35)32-8-13(26)4-14(32)6-25/h10-14,16-19,27H,3-9,26H2,1-2H3,(H,37,38)/t11-,12+,13-,14-,16-,17?,18+,19+/m0/s1. The van der Waals surface area contributed by atoms with Crippen molar-refractivity contribution in [1.82, 2.24) is 35.3 Å². The molecule has 5 heterocycles. The first kappa shape index (κ1) is 27.6. The summed E-state index contributed by atoms with van der Waals surface area (Å²) in [6.07, 6.45) is 2.39. The van der Waals surface area contributed by atoms with Gasteiger partial charge in [-0.05, 0) is 29.2 Å². The Bertz CT molecular complexity index is 1180. The summed E-state index contributed by atoms with van der Waals surface area (Å²) in [5.41, 5.74) is 5.94. The highest BCUT2D eigenvalue weighted by atomic mass is 32.2. The average Bonchev–Trinajstić information content (AvgIpc) is 3.67. The Kier molecular flexibility index (Phi) is 7.75. The fourth-order valence-corrected chi connectivity index (χ4v) is 7.96. The van der Waals surface area contributed by atoms with E-state index < -0.39 is 30.6 Å². The molecule has 212 valence electrons. The van der Waals surface area contributed by atoms with Crippen LogP contribution >= 0.6 is 11.8 Å². The fraction of sp³-hybridized carbons (Fsp3) is 0.708. The summed E-state index contributed by atoms with van der Waals surface area (Å²) in [6, 6.07) is -1.59. The number of nitrogens with one attached hydrogen (secondary N) is 1. The van der Waals surface area contributed by atoms with Gasteiger partial charge in [0.15, 0.2) is 5.78 Å². The minimum atomic E-state index is -1.17. The molecular formula is C24H33FN8O5S. The molecule has 5 rings (SSSR count). The minimum Gasteiger partial charge on any atom is -0.477 e. The monoisotopic (exact) mass is 564 g/mol. The number of carbonyl (C=O) groups is 4. The number of nitrogens with two attached hydrogens (primary N) is 1. The zero-order valence-corrected chi connectivity index (χ0v) is 22.6. The largest absolute Gasteiger partial charge is 0.477 e. The highest BCUT2D eigenvalue weighted by Crippen LogP contribution is 2.53. The number of β-lactam (4-membered cyclic amide) rings is 1. The summed E-state index contributed by atoms with van der Waals surface area (Å²) in [5.74, 6) is -2.75. The number of carbonyl (C=O) groups excluding carboxylic acids is 3. The van der Waals surface area contributed by atoms with Crippen molar-refractivity contribution in [3.8, 4) is 0 Å². The van der Waals surface area contributed by atoms with Crippen LogP contribution in [0.2, 0.25) is 0 Å². The van der Waals surface area contributed by atoms with Crippen LogP contribution in [0.3, 0.4) is 0 Å². The summed E-state index contributed by atoms with van der Waals surface area (Å²) in [5, 5.41) is 23.9. The molecule has 1 unspecified atom stereocenters. The van der Waals surface area contributed by atoms with Crippen LogP contribution in [0.5, 0.6) is 0 Å². The second kappa shape index (κ2) is 10.9. The van der Waals surface area contributed by atoms with Crippen LogP contribution < -0.4 is 11.1 Å². The number of nitrogens with zero attached hydrogens (tertiary/aromatic N) is 6. The average molecular weight is 565 g/mol. The number of thioether (sulfide) groups is 1. The van der Waals surface area contributed by atoms with Crippen LogP contribution in [0, 0.1) is 17.8 Å². The van der Waals surface area contributed by atoms with Crippen molar-refractivity contribution in [1.29, 1.82) is 0 Å². The van der Waals surface area contributed by atoms with E-state index in [0.717, 1.165) is 0 Å². The van der Waals surface area contributed by atoms with Gasteiger partial charge < -0.3 is 26.0 Å². The molecule has 39 heavy (non-hydrogen) atoms. The lowest BCUT2D eigenvalue weighted by Crippen LogP contribution is -2.62. The molecule has 2 amide bonds. The molecule has 0 aromatic carbocycles. The zero-order chi connectivity index (χ0) is 28.0. The van der Waals surface area contributed by atoms with Crippen molar-refractivity contribution in [3.63, 3.8) is 0 Å². The molecule has 13 nitrogen and oxygen atoms in total. The van der Waals surface area contributed by atoms with Gasteiger partial charge in [-0.2, -0.15) is 0 Å². The first-order valence-electron chi connectivity index (χ1n) is 13.2. The molecule has 15 heteroatoms. The lowest BCUT2D eigenvalue weighted by Gasteiger charge is -2.47. The lowest BCUT2D eigenvalue weighted by molar-refractivity contribution is -0.160. The predicted octanol–water partition coefficient (Wildman–Crippen LogP) is -0.597. The number of Topliss-reactive ketones (excluding diaryl/α,β-unsaturated/α-hetero) is 1. The Hall–Kier alpha value is -2.91. The Morgan fingerprint density at radius 2 is 2.10 bits per heavy atom. The van der Waals surface area contributed by atoms with E-state index in [4.69, 9.17) is 5.73 Å². The van der Waals surface area contributed by atoms with Crippen LogP contribution in [-0.2, 0) is 25.7 Å². The second-order valence-electron chi connectivity index (χ2n) is 11.0. The van der Waals surface area contributed by atoms with Gasteiger partial charge >= 0.3 is 5.97 Å². The molecule has 4 aliphatic rings. The molecule has 3 fully saturated rings. The maximum Gasteiger partial charge on any atom is 0.353 e. The van der Waals surface area contributed by atoms with Crippen LogP contribution in [0.1, 0.15) is 33.1 Å². The second-order valence-corrected chi connectivity index (χ2v) is 12.3. The quantitative estimate of drug-likeness (QED) is 0.309. The summed E-state index contributed by atoms with van der Waals surface area (Å²) in [4.78, 5) is 54.6. The molecule has 1 aromatic rings. The van der Waals surface area contributed by atoms with Gasteiger partial charge in [0, 0.05) is 41.6 Å². The van der Waals surface area contributed by atoms with E-state index in [2.05, 4.69) is 20.8 Å². The first-order valence-corrected chi connectivity index (χ1v) is 14.0. The Morgan fingerprint density at radius 1 is 1.33 bits per heavy atom. The van der Waals surface area contributed by atoms with E-state index in [1.54, 1.807) is 0 Å². The molecule has 0 saturated carbocycles. The normalized spacial score (nSPS) is 32.9. The van der Waals surface area contributed by atoms with Gasteiger partial charge in [-0.3, -0.25) is 14.4 Å². The number of hydrogen-bond acceptors (Lipinski definition) is 10. The Labute approximate surface area is 228 Å². The smallest absolute Gasteiger partial charge is 0.353 e. The third-order valence-electron chi connectivity index (χ3n) is 8.27. The van der Waals surface area contributed by atoms with E-state index in [1.165, 1.54) is 32.6 Å². The van der Waals surface area contributed by atoms with Gasteiger partial charge in [-0.1, -0.05) is 13.8 Å². The van der Waals surface area contributed by atoms with Crippen molar-refractivity contribution in [2.24, 2.45) is 23.5 Å². The summed E-state index contributed by atoms with van der Waals surface area (Å²) < 4.78 is 14.8. The molecule has 0 radical (unpaired) electrons. The molecule has 3 saturated heterocycles. The minimum absolute atomic E-state index is 0.00587. The number of carboxylic acids is 1. The zero-order valence-electron chi connectivity index (χ0n) is 21.8. The van der Waals surface area contributed by atoms with E-state index in [1.807, 2.05) is 13.8 Å². The molecule has 1 aromatic heterocycles.